The molecule has 1 saturated heterocycles. The van der Waals surface area contributed by atoms with Crippen LogP contribution in [0.2, 0.25) is 0 Å². The van der Waals surface area contributed by atoms with E-state index >= 15 is 0 Å². The first-order valence-electron chi connectivity index (χ1n) is 12.0. The first kappa shape index (κ1) is 22.6. The van der Waals surface area contributed by atoms with Crippen LogP contribution in [0.3, 0.4) is 0 Å². The van der Waals surface area contributed by atoms with E-state index in [0.717, 1.165) is 65.8 Å². The molecule has 2 fully saturated rings. The molecule has 2 N–H and O–H groups in total. The average Bonchev–Trinajstić information content (AvgIpc) is 3.50. The van der Waals surface area contributed by atoms with Gasteiger partial charge in [-0.1, -0.05) is 31.7 Å². The summed E-state index contributed by atoms with van der Waals surface area (Å²) < 4.78 is 0. The lowest BCUT2D eigenvalue weighted by atomic mass is 9.98. The van der Waals surface area contributed by atoms with E-state index in [1.807, 2.05) is 6.92 Å². The largest absolute Gasteiger partial charge is 0.317 e. The predicted molar refractivity (Wildman–Crippen MR) is 130 cm³/mol. The van der Waals surface area contributed by atoms with Gasteiger partial charge in [0, 0.05) is 11.6 Å². The Balaban J connectivity index is 1.54. The molecule has 1 aromatic carbocycles. The molecule has 168 valence electrons. The van der Waals surface area contributed by atoms with Gasteiger partial charge in [-0.05, 0) is 88.7 Å². The van der Waals surface area contributed by atoms with Gasteiger partial charge in [0.25, 0.3) is 0 Å². The summed E-state index contributed by atoms with van der Waals surface area (Å²) in [5.41, 5.74) is 5.83. The lowest BCUT2D eigenvalue weighted by Gasteiger charge is -2.28. The van der Waals surface area contributed by atoms with Crippen LogP contribution in [0.15, 0.2) is 12.1 Å². The number of nitrogens with one attached hydrogen (secondary N) is 2. The molecule has 0 radical (unpaired) electrons. The number of hydrogen-bond acceptors (Lipinski definition) is 5. The molecule has 1 unspecified atom stereocenters. The Bertz CT molecular complexity index is 925. The summed E-state index contributed by atoms with van der Waals surface area (Å²) in [6.07, 6.45) is 8.31. The molecule has 0 amide bonds. The molecule has 4 nitrogen and oxygen atoms in total. The van der Waals surface area contributed by atoms with E-state index in [2.05, 4.69) is 43.5 Å². The van der Waals surface area contributed by atoms with E-state index in [1.54, 1.807) is 11.3 Å². The summed E-state index contributed by atoms with van der Waals surface area (Å²) in [5, 5.41) is 8.14. The van der Waals surface area contributed by atoms with Crippen LogP contribution in [0, 0.1) is 33.6 Å². The Morgan fingerprint density at radius 3 is 2.52 bits per heavy atom. The molecule has 4 rings (SSSR count). The van der Waals surface area contributed by atoms with Gasteiger partial charge in [-0.3, -0.25) is 4.79 Å². The topological polar surface area (TPSA) is 54.0 Å². The average molecular weight is 440 g/mol. The van der Waals surface area contributed by atoms with Crippen molar-refractivity contribution in [3.63, 3.8) is 0 Å². The van der Waals surface area contributed by atoms with Crippen molar-refractivity contribution in [2.45, 2.75) is 84.7 Å². The molecule has 0 bridgehead atoms. The number of carbonyl (C=O) groups is 1. The molecule has 1 aromatic heterocycles. The fraction of sp³-hybridized carbons (Fsp3) is 0.615. The minimum atomic E-state index is -0.0882. The van der Waals surface area contributed by atoms with Gasteiger partial charge in [0.15, 0.2) is 5.78 Å². The Morgan fingerprint density at radius 1 is 1.10 bits per heavy atom. The molecule has 5 heteroatoms. The van der Waals surface area contributed by atoms with Crippen LogP contribution in [-0.2, 0) is 0 Å². The van der Waals surface area contributed by atoms with Gasteiger partial charge >= 0.3 is 0 Å². The van der Waals surface area contributed by atoms with Gasteiger partial charge < -0.3 is 10.6 Å². The van der Waals surface area contributed by atoms with Gasteiger partial charge in [0.2, 0.25) is 0 Å². The van der Waals surface area contributed by atoms with Crippen LogP contribution >= 0.6 is 11.3 Å². The van der Waals surface area contributed by atoms with Crippen molar-refractivity contribution < 1.29 is 4.79 Å². The number of ketones is 1. The third-order valence-electron chi connectivity index (χ3n) is 6.99. The second-order valence-corrected chi connectivity index (χ2v) is 10.7. The quantitative estimate of drug-likeness (QED) is 0.505. The maximum Gasteiger partial charge on any atom is 0.191 e. The molecule has 1 atom stereocenters. The Hall–Kier alpha value is -1.56. The second-order valence-electron chi connectivity index (χ2n) is 9.67. The normalized spacial score (nSPS) is 18.3. The van der Waals surface area contributed by atoms with Gasteiger partial charge in [-0.25, -0.2) is 4.98 Å². The van der Waals surface area contributed by atoms with Crippen molar-refractivity contribution in [1.29, 1.82) is 0 Å². The van der Waals surface area contributed by atoms with Crippen LogP contribution in [-0.4, -0.2) is 35.9 Å². The zero-order chi connectivity index (χ0) is 22.0. The molecule has 2 aromatic rings. The third-order valence-corrected chi connectivity index (χ3v) is 8.19. The monoisotopic (exact) mass is 439 g/mol. The molecule has 31 heavy (non-hydrogen) atoms. The lowest BCUT2D eigenvalue weighted by molar-refractivity contribution is 0.0927. The standard InChI is InChI=1S/C26H37N3OS/c1-16-14-18(3)22(15-17(16)2)26-28-19(4)25(31-26)24(30)23(7-5-6-20-8-9-20)29-21-10-12-27-13-11-21/h14-15,20-21,23,27,29H,5-13H2,1-4H3. The number of Topliss-reactive ketones (excluding diaryl/α,β-unsaturated/α-hetero) is 1. The van der Waals surface area contributed by atoms with Crippen molar-refractivity contribution >= 4 is 17.1 Å². The number of carbonyl (C=O) groups excluding carboxylic acids is 1. The molecular weight excluding hydrogens is 402 g/mol. The lowest BCUT2D eigenvalue weighted by Crippen LogP contribution is -2.47. The van der Waals surface area contributed by atoms with Crippen LogP contribution in [0.4, 0.5) is 0 Å². The van der Waals surface area contributed by atoms with E-state index < -0.39 is 0 Å². The Labute approximate surface area is 191 Å². The first-order valence-corrected chi connectivity index (χ1v) is 12.8. The smallest absolute Gasteiger partial charge is 0.191 e. The van der Waals surface area contributed by atoms with Crippen LogP contribution in [0.25, 0.3) is 10.6 Å². The number of benzene rings is 1. The summed E-state index contributed by atoms with van der Waals surface area (Å²) in [6.45, 7) is 10.5. The Morgan fingerprint density at radius 2 is 1.81 bits per heavy atom. The number of piperidine rings is 1. The number of aryl methyl sites for hydroxylation is 4. The van der Waals surface area contributed by atoms with Crippen LogP contribution < -0.4 is 10.6 Å². The zero-order valence-corrected chi connectivity index (χ0v) is 20.3. The summed E-state index contributed by atoms with van der Waals surface area (Å²) >= 11 is 1.58. The summed E-state index contributed by atoms with van der Waals surface area (Å²) in [5.74, 6) is 1.16. The number of aromatic nitrogens is 1. The maximum absolute atomic E-state index is 13.7. The van der Waals surface area contributed by atoms with Gasteiger partial charge in [-0.2, -0.15) is 0 Å². The van der Waals surface area contributed by atoms with Crippen molar-refractivity contribution in [2.24, 2.45) is 5.92 Å². The highest BCUT2D eigenvalue weighted by Crippen LogP contribution is 2.35. The number of hydrogen-bond donors (Lipinski definition) is 2. The van der Waals surface area contributed by atoms with Crippen LogP contribution in [0.1, 0.15) is 77.0 Å². The number of rotatable bonds is 9. The molecule has 1 saturated carbocycles. The summed E-state index contributed by atoms with van der Waals surface area (Å²) in [4.78, 5) is 19.4. The van der Waals surface area contributed by atoms with Crippen molar-refractivity contribution in [3.8, 4) is 10.6 Å². The fourth-order valence-corrected chi connectivity index (χ4v) is 5.81. The van der Waals surface area contributed by atoms with Gasteiger partial charge in [-0.15, -0.1) is 11.3 Å². The minimum Gasteiger partial charge on any atom is -0.317 e. The first-order chi connectivity index (χ1) is 14.9. The minimum absolute atomic E-state index is 0.0882. The van der Waals surface area contributed by atoms with E-state index in [4.69, 9.17) is 4.98 Å². The number of thiazole rings is 1. The molecule has 1 aliphatic carbocycles. The van der Waals surface area contributed by atoms with Gasteiger partial charge in [0.05, 0.1) is 16.6 Å². The van der Waals surface area contributed by atoms with Crippen molar-refractivity contribution in [1.82, 2.24) is 15.6 Å². The molecular formula is C26H37N3OS. The summed E-state index contributed by atoms with van der Waals surface area (Å²) in [7, 11) is 0. The maximum atomic E-state index is 13.7. The molecule has 1 aliphatic heterocycles. The van der Waals surface area contributed by atoms with Crippen molar-refractivity contribution in [3.05, 3.63) is 39.4 Å². The molecule has 2 heterocycles. The van der Waals surface area contributed by atoms with E-state index in [0.29, 0.717) is 6.04 Å². The summed E-state index contributed by atoms with van der Waals surface area (Å²) in [6, 6.07) is 4.79. The van der Waals surface area contributed by atoms with E-state index in [-0.39, 0.29) is 11.8 Å². The predicted octanol–water partition coefficient (Wildman–Crippen LogP) is 5.52. The Kier molecular flexibility index (Phi) is 7.25. The second kappa shape index (κ2) is 9.93. The van der Waals surface area contributed by atoms with Crippen molar-refractivity contribution in [2.75, 3.05) is 13.1 Å². The zero-order valence-electron chi connectivity index (χ0n) is 19.5. The highest BCUT2D eigenvalue weighted by Gasteiger charge is 2.29. The van der Waals surface area contributed by atoms with E-state index in [9.17, 15) is 4.79 Å². The fourth-order valence-electron chi connectivity index (χ4n) is 4.67. The van der Waals surface area contributed by atoms with Crippen LogP contribution in [0.5, 0.6) is 0 Å². The highest BCUT2D eigenvalue weighted by molar-refractivity contribution is 7.17. The van der Waals surface area contributed by atoms with E-state index in [1.165, 1.54) is 36.0 Å². The van der Waals surface area contributed by atoms with Gasteiger partial charge in [0.1, 0.15) is 5.01 Å². The third kappa shape index (κ3) is 5.63. The highest BCUT2D eigenvalue weighted by atomic mass is 32.1. The molecule has 2 aliphatic rings. The molecule has 0 spiro atoms. The SMILES string of the molecule is Cc1cc(C)c(-c2nc(C)c(C(=O)C(CCCC3CC3)NC3CCNCC3)s2)cc1C. The number of nitrogens with zero attached hydrogens (tertiary/aromatic N) is 1.